The van der Waals surface area contributed by atoms with Crippen LogP contribution in [0.3, 0.4) is 0 Å². The second kappa shape index (κ2) is 5.08. The largest absolute Gasteiger partial charge is 0.204 e. The van der Waals surface area contributed by atoms with Gasteiger partial charge < -0.3 is 0 Å². The fourth-order valence-electron chi connectivity index (χ4n) is 2.23. The molecule has 0 unspecified atom stereocenters. The summed E-state index contributed by atoms with van der Waals surface area (Å²) in [5.41, 5.74) is 3.26. The average molecular weight is 264 g/mol. The molecule has 2 aromatic carbocycles. The van der Waals surface area contributed by atoms with Crippen LogP contribution in [-0.4, -0.2) is 0 Å². The minimum absolute atomic E-state index is 0.342. The zero-order valence-electron chi connectivity index (χ0n) is 11.1. The van der Waals surface area contributed by atoms with Crippen LogP contribution in [0.25, 0.3) is 11.1 Å². The molecule has 0 atom stereocenters. The van der Waals surface area contributed by atoms with E-state index in [1.165, 1.54) is 5.56 Å². The summed E-state index contributed by atoms with van der Waals surface area (Å²) in [7, 11) is 0. The van der Waals surface area contributed by atoms with E-state index in [-0.39, 0.29) is 0 Å². The van der Waals surface area contributed by atoms with Gasteiger partial charge in [0.15, 0.2) is 17.5 Å². The molecule has 0 radical (unpaired) electrons. The summed E-state index contributed by atoms with van der Waals surface area (Å²) in [5.74, 6) is -3.38. The van der Waals surface area contributed by atoms with Crippen LogP contribution >= 0.6 is 0 Å². The van der Waals surface area contributed by atoms with Crippen LogP contribution in [-0.2, 0) is 0 Å². The summed E-state index contributed by atoms with van der Waals surface area (Å²) in [4.78, 5) is 0. The van der Waals surface area contributed by atoms with Gasteiger partial charge in [-0.25, -0.2) is 13.2 Å². The molecule has 3 heteroatoms. The molecular weight excluding hydrogens is 249 g/mol. The maximum Gasteiger partial charge on any atom is 0.194 e. The molecule has 0 heterocycles. The van der Waals surface area contributed by atoms with Crippen molar-refractivity contribution in [2.75, 3.05) is 0 Å². The predicted molar refractivity (Wildman–Crippen MR) is 70.6 cm³/mol. The molecule has 0 spiro atoms. The molecule has 2 aromatic rings. The first kappa shape index (κ1) is 13.7. The predicted octanol–water partition coefficient (Wildman–Crippen LogP) is 5.20. The second-order valence-corrected chi connectivity index (χ2v) is 4.98. The molecule has 0 bridgehead atoms. The first-order valence-electron chi connectivity index (χ1n) is 6.15. The molecule has 0 saturated carbocycles. The van der Waals surface area contributed by atoms with Crippen molar-refractivity contribution in [3.63, 3.8) is 0 Å². The maximum absolute atomic E-state index is 13.2. The molecule has 2 rings (SSSR count). The van der Waals surface area contributed by atoms with Gasteiger partial charge in [-0.2, -0.15) is 0 Å². The minimum Gasteiger partial charge on any atom is -0.204 e. The molecule has 0 aromatic heterocycles. The molecular formula is C16H15F3. The summed E-state index contributed by atoms with van der Waals surface area (Å²) in [6.07, 6.45) is 0. The van der Waals surface area contributed by atoms with Gasteiger partial charge in [0.25, 0.3) is 0 Å². The first-order valence-corrected chi connectivity index (χ1v) is 6.15. The SMILES string of the molecule is Cc1cc(-c2cc(F)c(F)c(F)c2)ccc1C(C)C. The molecule has 0 aliphatic heterocycles. The Kier molecular flexibility index (Phi) is 3.65. The first-order chi connectivity index (χ1) is 8.90. The Morgan fingerprint density at radius 2 is 1.42 bits per heavy atom. The highest BCUT2D eigenvalue weighted by Gasteiger charge is 2.12. The van der Waals surface area contributed by atoms with Crippen LogP contribution in [0.15, 0.2) is 30.3 Å². The lowest BCUT2D eigenvalue weighted by Gasteiger charge is -2.12. The van der Waals surface area contributed by atoms with Crippen LogP contribution in [0, 0.1) is 24.4 Å². The lowest BCUT2D eigenvalue weighted by molar-refractivity contribution is 0.447. The van der Waals surface area contributed by atoms with Gasteiger partial charge in [-0.05, 0) is 47.2 Å². The van der Waals surface area contributed by atoms with Crippen molar-refractivity contribution in [2.45, 2.75) is 26.7 Å². The van der Waals surface area contributed by atoms with Crippen molar-refractivity contribution in [1.82, 2.24) is 0 Å². The maximum atomic E-state index is 13.2. The lowest BCUT2D eigenvalue weighted by Crippen LogP contribution is -1.94. The van der Waals surface area contributed by atoms with Crippen LogP contribution in [0.1, 0.15) is 30.9 Å². The van der Waals surface area contributed by atoms with E-state index in [1.54, 1.807) is 6.07 Å². The summed E-state index contributed by atoms with van der Waals surface area (Å²) < 4.78 is 39.4. The van der Waals surface area contributed by atoms with E-state index in [4.69, 9.17) is 0 Å². The lowest BCUT2D eigenvalue weighted by atomic mass is 9.94. The standard InChI is InChI=1S/C16H15F3/c1-9(2)13-5-4-11(6-10(13)3)12-7-14(17)16(19)15(18)8-12/h4-9H,1-3H3. The van der Waals surface area contributed by atoms with E-state index in [1.807, 2.05) is 19.1 Å². The summed E-state index contributed by atoms with van der Waals surface area (Å²) >= 11 is 0. The van der Waals surface area contributed by atoms with E-state index >= 15 is 0 Å². The van der Waals surface area contributed by atoms with E-state index in [2.05, 4.69) is 13.8 Å². The van der Waals surface area contributed by atoms with Gasteiger partial charge in [-0.15, -0.1) is 0 Å². The Labute approximate surface area is 110 Å². The van der Waals surface area contributed by atoms with Crippen molar-refractivity contribution in [3.8, 4) is 11.1 Å². The van der Waals surface area contributed by atoms with E-state index in [0.717, 1.165) is 17.7 Å². The van der Waals surface area contributed by atoms with Gasteiger partial charge >= 0.3 is 0 Å². The molecule has 100 valence electrons. The number of rotatable bonds is 2. The second-order valence-electron chi connectivity index (χ2n) is 4.98. The summed E-state index contributed by atoms with van der Waals surface area (Å²) in [6.45, 7) is 6.12. The Morgan fingerprint density at radius 1 is 0.842 bits per heavy atom. The number of hydrogen-bond acceptors (Lipinski definition) is 0. The quantitative estimate of drug-likeness (QED) is 0.654. The van der Waals surface area contributed by atoms with Gasteiger partial charge in [0, 0.05) is 0 Å². The van der Waals surface area contributed by atoms with Crippen molar-refractivity contribution < 1.29 is 13.2 Å². The summed E-state index contributed by atoms with van der Waals surface area (Å²) in [6, 6.07) is 7.63. The summed E-state index contributed by atoms with van der Waals surface area (Å²) in [5, 5.41) is 0. The van der Waals surface area contributed by atoms with Crippen molar-refractivity contribution in [1.29, 1.82) is 0 Å². The van der Waals surface area contributed by atoms with Crippen LogP contribution in [0.4, 0.5) is 13.2 Å². The van der Waals surface area contributed by atoms with Crippen LogP contribution < -0.4 is 0 Å². The third kappa shape index (κ3) is 2.65. The number of hydrogen-bond donors (Lipinski definition) is 0. The molecule has 0 aliphatic carbocycles. The van der Waals surface area contributed by atoms with Crippen molar-refractivity contribution in [3.05, 3.63) is 58.9 Å². The zero-order chi connectivity index (χ0) is 14.2. The number of halogens is 3. The number of aryl methyl sites for hydroxylation is 1. The fourth-order valence-corrected chi connectivity index (χ4v) is 2.23. The molecule has 0 aliphatic rings. The van der Waals surface area contributed by atoms with Gasteiger partial charge in [0.2, 0.25) is 0 Å². The monoisotopic (exact) mass is 264 g/mol. The topological polar surface area (TPSA) is 0 Å². The highest BCUT2D eigenvalue weighted by molar-refractivity contribution is 5.65. The third-order valence-corrected chi connectivity index (χ3v) is 3.21. The third-order valence-electron chi connectivity index (χ3n) is 3.21. The highest BCUT2D eigenvalue weighted by Crippen LogP contribution is 2.28. The van der Waals surface area contributed by atoms with E-state index in [0.29, 0.717) is 17.0 Å². The molecule has 0 fully saturated rings. The molecule has 0 amide bonds. The molecule has 19 heavy (non-hydrogen) atoms. The zero-order valence-corrected chi connectivity index (χ0v) is 11.1. The Hall–Kier alpha value is -1.77. The van der Waals surface area contributed by atoms with E-state index < -0.39 is 17.5 Å². The molecule has 0 saturated heterocycles. The van der Waals surface area contributed by atoms with Gasteiger partial charge in [-0.1, -0.05) is 32.0 Å². The Morgan fingerprint density at radius 3 is 1.89 bits per heavy atom. The van der Waals surface area contributed by atoms with Crippen molar-refractivity contribution >= 4 is 0 Å². The smallest absolute Gasteiger partial charge is 0.194 e. The van der Waals surface area contributed by atoms with Gasteiger partial charge in [0.05, 0.1) is 0 Å². The Balaban J connectivity index is 2.51. The average Bonchev–Trinajstić information content (AvgIpc) is 2.34. The highest BCUT2D eigenvalue weighted by atomic mass is 19.2. The molecule has 0 nitrogen and oxygen atoms in total. The van der Waals surface area contributed by atoms with Crippen LogP contribution in [0.5, 0.6) is 0 Å². The van der Waals surface area contributed by atoms with Crippen LogP contribution in [0.2, 0.25) is 0 Å². The van der Waals surface area contributed by atoms with E-state index in [9.17, 15) is 13.2 Å². The van der Waals surface area contributed by atoms with Gasteiger partial charge in [0.1, 0.15) is 0 Å². The van der Waals surface area contributed by atoms with Gasteiger partial charge in [-0.3, -0.25) is 0 Å². The van der Waals surface area contributed by atoms with Crippen molar-refractivity contribution in [2.24, 2.45) is 0 Å². The Bertz CT molecular complexity index is 592. The minimum atomic E-state index is -1.43. The normalized spacial score (nSPS) is 11.1. The number of benzene rings is 2. The fraction of sp³-hybridized carbons (Fsp3) is 0.250. The molecule has 0 N–H and O–H groups in total.